The number of hydrogen-bond acceptors (Lipinski definition) is 4. The smallest absolute Gasteiger partial charge is 0.340 e. The highest BCUT2D eigenvalue weighted by atomic mass is 19.1. The third kappa shape index (κ3) is 3.69. The SMILES string of the molecule is COC(=O)c1ccc(CN2CCNC(=O)[C@@H]2c2ccccc2)cc1F. The van der Waals surface area contributed by atoms with Crippen molar-refractivity contribution in [3.8, 4) is 0 Å². The third-order valence-electron chi connectivity index (χ3n) is 4.25. The van der Waals surface area contributed by atoms with Crippen molar-refractivity contribution >= 4 is 11.9 Å². The van der Waals surface area contributed by atoms with Crippen LogP contribution in [0.3, 0.4) is 0 Å². The minimum Gasteiger partial charge on any atom is -0.465 e. The van der Waals surface area contributed by atoms with Crippen molar-refractivity contribution < 1.29 is 18.7 Å². The van der Waals surface area contributed by atoms with Crippen LogP contribution in [-0.4, -0.2) is 37.0 Å². The van der Waals surface area contributed by atoms with Gasteiger partial charge in [-0.3, -0.25) is 9.69 Å². The number of amides is 1. The first-order valence-corrected chi connectivity index (χ1v) is 8.03. The molecule has 0 aromatic heterocycles. The summed E-state index contributed by atoms with van der Waals surface area (Å²) in [5.74, 6) is -1.39. The largest absolute Gasteiger partial charge is 0.465 e. The van der Waals surface area contributed by atoms with Gasteiger partial charge in [0, 0.05) is 19.6 Å². The molecule has 5 nitrogen and oxygen atoms in total. The summed E-state index contributed by atoms with van der Waals surface area (Å²) in [6, 6.07) is 13.5. The molecule has 1 aliphatic rings. The van der Waals surface area contributed by atoms with Crippen molar-refractivity contribution in [1.82, 2.24) is 10.2 Å². The summed E-state index contributed by atoms with van der Waals surface area (Å²) >= 11 is 0. The molecular weight excluding hydrogens is 323 g/mol. The molecule has 25 heavy (non-hydrogen) atoms. The maximum absolute atomic E-state index is 14.1. The van der Waals surface area contributed by atoms with Crippen LogP contribution in [0, 0.1) is 5.82 Å². The van der Waals surface area contributed by atoms with Crippen LogP contribution >= 0.6 is 0 Å². The van der Waals surface area contributed by atoms with Crippen LogP contribution in [-0.2, 0) is 16.1 Å². The van der Waals surface area contributed by atoms with Gasteiger partial charge < -0.3 is 10.1 Å². The lowest BCUT2D eigenvalue weighted by atomic mass is 10.0. The van der Waals surface area contributed by atoms with E-state index in [1.807, 2.05) is 35.2 Å². The summed E-state index contributed by atoms with van der Waals surface area (Å²) in [5.41, 5.74) is 1.49. The molecule has 6 heteroatoms. The van der Waals surface area contributed by atoms with E-state index < -0.39 is 17.8 Å². The molecule has 0 bridgehead atoms. The maximum Gasteiger partial charge on any atom is 0.340 e. The molecule has 130 valence electrons. The molecule has 1 heterocycles. The standard InChI is InChI=1S/C19H19FN2O3/c1-25-19(24)15-8-7-13(11-16(15)20)12-22-10-9-21-18(23)17(22)14-5-3-2-4-6-14/h2-8,11,17H,9-10,12H2,1H3,(H,21,23)/t17-/m0/s1. The predicted octanol–water partition coefficient (Wildman–Crippen LogP) is 2.29. The zero-order valence-electron chi connectivity index (χ0n) is 13.9. The first-order chi connectivity index (χ1) is 12.1. The predicted molar refractivity (Wildman–Crippen MR) is 90.3 cm³/mol. The molecule has 1 aliphatic heterocycles. The number of ether oxygens (including phenoxy) is 1. The number of esters is 1. The molecule has 1 atom stereocenters. The van der Waals surface area contributed by atoms with E-state index >= 15 is 0 Å². The minimum atomic E-state index is -0.705. The van der Waals surface area contributed by atoms with E-state index in [0.29, 0.717) is 25.2 Å². The zero-order valence-corrected chi connectivity index (χ0v) is 13.9. The van der Waals surface area contributed by atoms with Crippen LogP contribution in [0.1, 0.15) is 27.5 Å². The van der Waals surface area contributed by atoms with Crippen molar-refractivity contribution in [2.24, 2.45) is 0 Å². The fourth-order valence-corrected chi connectivity index (χ4v) is 3.05. The summed E-state index contributed by atoms with van der Waals surface area (Å²) in [4.78, 5) is 25.8. The fourth-order valence-electron chi connectivity index (χ4n) is 3.05. The van der Waals surface area contributed by atoms with Crippen LogP contribution in [0.15, 0.2) is 48.5 Å². The number of carbonyl (C=O) groups is 2. The second-order valence-electron chi connectivity index (χ2n) is 5.88. The maximum atomic E-state index is 14.1. The van der Waals surface area contributed by atoms with Gasteiger partial charge in [-0.1, -0.05) is 36.4 Å². The molecule has 1 N–H and O–H groups in total. The highest BCUT2D eigenvalue weighted by Gasteiger charge is 2.31. The van der Waals surface area contributed by atoms with Gasteiger partial charge in [0.05, 0.1) is 12.7 Å². The number of nitrogens with one attached hydrogen (secondary N) is 1. The second kappa shape index (κ2) is 7.44. The molecule has 1 fully saturated rings. The number of benzene rings is 2. The van der Waals surface area contributed by atoms with Crippen LogP contribution < -0.4 is 5.32 Å². The number of piperazine rings is 1. The monoisotopic (exact) mass is 342 g/mol. The summed E-state index contributed by atoms with van der Waals surface area (Å²) in [6.45, 7) is 1.61. The molecular formula is C19H19FN2O3. The van der Waals surface area contributed by atoms with Crippen molar-refractivity contribution in [1.29, 1.82) is 0 Å². The van der Waals surface area contributed by atoms with E-state index in [-0.39, 0.29) is 11.5 Å². The van der Waals surface area contributed by atoms with Gasteiger partial charge in [-0.25, -0.2) is 9.18 Å². The molecule has 0 saturated carbocycles. The van der Waals surface area contributed by atoms with Crippen LogP contribution in [0.25, 0.3) is 0 Å². The highest BCUT2D eigenvalue weighted by molar-refractivity contribution is 5.89. The zero-order chi connectivity index (χ0) is 17.8. The summed E-state index contributed by atoms with van der Waals surface area (Å²) < 4.78 is 18.7. The normalized spacial score (nSPS) is 17.8. The van der Waals surface area contributed by atoms with Crippen molar-refractivity contribution in [2.75, 3.05) is 20.2 Å². The highest BCUT2D eigenvalue weighted by Crippen LogP contribution is 2.25. The van der Waals surface area contributed by atoms with Crippen molar-refractivity contribution in [3.05, 3.63) is 71.0 Å². The van der Waals surface area contributed by atoms with Crippen LogP contribution in [0.2, 0.25) is 0 Å². The van der Waals surface area contributed by atoms with Gasteiger partial charge in [-0.2, -0.15) is 0 Å². The topological polar surface area (TPSA) is 58.6 Å². The second-order valence-corrected chi connectivity index (χ2v) is 5.88. The Morgan fingerprint density at radius 3 is 2.72 bits per heavy atom. The van der Waals surface area contributed by atoms with E-state index in [4.69, 9.17) is 0 Å². The van der Waals surface area contributed by atoms with E-state index in [0.717, 1.165) is 5.56 Å². The number of methoxy groups -OCH3 is 1. The number of carbonyl (C=O) groups excluding carboxylic acids is 2. The molecule has 2 aromatic rings. The quantitative estimate of drug-likeness (QED) is 0.866. The van der Waals surface area contributed by atoms with E-state index in [1.165, 1.54) is 19.2 Å². The average molecular weight is 342 g/mol. The molecule has 2 aromatic carbocycles. The van der Waals surface area contributed by atoms with Gasteiger partial charge in [0.2, 0.25) is 5.91 Å². The number of halogens is 1. The van der Waals surface area contributed by atoms with Gasteiger partial charge in [0.1, 0.15) is 11.9 Å². The number of hydrogen-bond donors (Lipinski definition) is 1. The van der Waals surface area contributed by atoms with Gasteiger partial charge in [-0.05, 0) is 23.3 Å². The molecule has 1 saturated heterocycles. The van der Waals surface area contributed by atoms with Gasteiger partial charge in [0.15, 0.2) is 0 Å². The average Bonchev–Trinajstić information content (AvgIpc) is 2.62. The summed E-state index contributed by atoms with van der Waals surface area (Å²) in [6.07, 6.45) is 0. The summed E-state index contributed by atoms with van der Waals surface area (Å²) in [7, 11) is 1.21. The first-order valence-electron chi connectivity index (χ1n) is 8.03. The van der Waals surface area contributed by atoms with Gasteiger partial charge >= 0.3 is 5.97 Å². The Hall–Kier alpha value is -2.73. The minimum absolute atomic E-state index is 0.0656. The molecule has 0 spiro atoms. The number of nitrogens with zero attached hydrogens (tertiary/aromatic N) is 1. The Morgan fingerprint density at radius 1 is 1.28 bits per heavy atom. The van der Waals surface area contributed by atoms with E-state index in [1.54, 1.807) is 6.07 Å². The number of rotatable bonds is 4. The molecule has 3 rings (SSSR count). The molecule has 0 unspecified atom stereocenters. The lowest BCUT2D eigenvalue weighted by Crippen LogP contribution is -2.49. The van der Waals surface area contributed by atoms with E-state index in [9.17, 15) is 14.0 Å². The lowest BCUT2D eigenvalue weighted by molar-refractivity contribution is -0.129. The Morgan fingerprint density at radius 2 is 2.04 bits per heavy atom. The van der Waals surface area contributed by atoms with E-state index in [2.05, 4.69) is 10.1 Å². The molecule has 0 radical (unpaired) electrons. The van der Waals surface area contributed by atoms with Crippen LogP contribution in [0.4, 0.5) is 4.39 Å². The Kier molecular flexibility index (Phi) is 5.09. The fraction of sp³-hybridized carbons (Fsp3) is 0.263. The Balaban J connectivity index is 1.84. The third-order valence-corrected chi connectivity index (χ3v) is 4.25. The lowest BCUT2D eigenvalue weighted by Gasteiger charge is -2.35. The first kappa shape index (κ1) is 17.1. The Labute approximate surface area is 145 Å². The van der Waals surface area contributed by atoms with Crippen molar-refractivity contribution in [2.45, 2.75) is 12.6 Å². The van der Waals surface area contributed by atoms with Crippen molar-refractivity contribution in [3.63, 3.8) is 0 Å². The van der Waals surface area contributed by atoms with Gasteiger partial charge in [0.25, 0.3) is 0 Å². The van der Waals surface area contributed by atoms with Crippen LogP contribution in [0.5, 0.6) is 0 Å². The van der Waals surface area contributed by atoms with Gasteiger partial charge in [-0.15, -0.1) is 0 Å². The summed E-state index contributed by atoms with van der Waals surface area (Å²) in [5, 5.41) is 2.87. The molecule has 0 aliphatic carbocycles. The Bertz CT molecular complexity index is 779. The molecule has 1 amide bonds.